The summed E-state index contributed by atoms with van der Waals surface area (Å²) >= 11 is 0. The lowest BCUT2D eigenvalue weighted by atomic mass is 9.95. The molecule has 5 rings (SSSR count). The predicted molar refractivity (Wildman–Crippen MR) is 135 cm³/mol. The molecule has 0 aliphatic carbocycles. The summed E-state index contributed by atoms with van der Waals surface area (Å²) in [6.07, 6.45) is 2.43. The molecule has 0 aromatic heterocycles. The Labute approximate surface area is 205 Å². The van der Waals surface area contributed by atoms with Crippen LogP contribution in [0.4, 0.5) is 4.79 Å². The van der Waals surface area contributed by atoms with Gasteiger partial charge in [-0.3, -0.25) is 9.69 Å². The molecule has 3 aromatic carbocycles. The molecule has 0 saturated carbocycles. The van der Waals surface area contributed by atoms with Crippen molar-refractivity contribution in [2.24, 2.45) is 0 Å². The first kappa shape index (κ1) is 22.5. The molecule has 2 aliphatic heterocycles. The molecule has 0 bridgehead atoms. The van der Waals surface area contributed by atoms with Crippen molar-refractivity contribution in [2.75, 3.05) is 19.6 Å². The Morgan fingerprint density at radius 1 is 0.943 bits per heavy atom. The number of nitrogens with one attached hydrogen (secondary N) is 1. The van der Waals surface area contributed by atoms with Crippen LogP contribution in [-0.4, -0.2) is 41.4 Å². The third-order valence-corrected chi connectivity index (χ3v) is 6.29. The van der Waals surface area contributed by atoms with Crippen molar-refractivity contribution >= 4 is 11.9 Å². The summed E-state index contributed by atoms with van der Waals surface area (Å²) < 4.78 is 6.00. The van der Waals surface area contributed by atoms with Crippen LogP contribution in [0.5, 0.6) is 11.5 Å². The molecule has 0 spiro atoms. The lowest BCUT2D eigenvalue weighted by molar-refractivity contribution is -0.125. The lowest BCUT2D eigenvalue weighted by Crippen LogP contribution is -2.47. The fourth-order valence-electron chi connectivity index (χ4n) is 4.59. The van der Waals surface area contributed by atoms with Gasteiger partial charge in [-0.25, -0.2) is 4.79 Å². The fraction of sp³-hybridized carbons (Fsp3) is 0.172. The van der Waals surface area contributed by atoms with Crippen LogP contribution in [0.15, 0.2) is 109 Å². The van der Waals surface area contributed by atoms with E-state index in [1.165, 1.54) is 5.56 Å². The Bertz CT molecular complexity index is 1270. The number of carbonyl (C=O) groups is 2. The molecule has 2 aliphatic rings. The quantitative estimate of drug-likeness (QED) is 0.473. The van der Waals surface area contributed by atoms with Crippen LogP contribution in [0, 0.1) is 0 Å². The zero-order valence-electron chi connectivity index (χ0n) is 19.4. The molecule has 0 unspecified atom stereocenters. The van der Waals surface area contributed by atoms with Crippen LogP contribution in [0.3, 0.4) is 0 Å². The molecular weight excluding hydrogens is 438 g/mol. The Morgan fingerprint density at radius 2 is 1.66 bits per heavy atom. The van der Waals surface area contributed by atoms with E-state index in [0.717, 1.165) is 23.4 Å². The zero-order valence-corrected chi connectivity index (χ0v) is 19.4. The molecule has 6 nitrogen and oxygen atoms in total. The summed E-state index contributed by atoms with van der Waals surface area (Å²) in [7, 11) is 0. The van der Waals surface area contributed by atoms with Gasteiger partial charge in [-0.1, -0.05) is 66.7 Å². The topological polar surface area (TPSA) is 61.9 Å². The normalized spacial score (nSPS) is 17.3. The Kier molecular flexibility index (Phi) is 6.35. The van der Waals surface area contributed by atoms with Gasteiger partial charge in [-0.15, -0.1) is 6.58 Å². The largest absolute Gasteiger partial charge is 0.457 e. The van der Waals surface area contributed by atoms with E-state index in [1.54, 1.807) is 11.0 Å². The molecule has 176 valence electrons. The maximum Gasteiger partial charge on any atom is 0.322 e. The number of rotatable bonds is 8. The van der Waals surface area contributed by atoms with E-state index < -0.39 is 6.04 Å². The standard InChI is InChI=1S/C29H27N3O3/c1-2-17-32-25-20-31(18-16-21-10-5-3-6-11-21)28(33)26(25)27(30-29(32)34)22-12-9-15-24(19-22)35-23-13-7-4-8-14-23/h2-15,19,27H,1,16-18,20H2,(H,30,34)/t27-/m1/s1. The van der Waals surface area contributed by atoms with Crippen molar-refractivity contribution in [2.45, 2.75) is 12.5 Å². The summed E-state index contributed by atoms with van der Waals surface area (Å²) in [4.78, 5) is 30.1. The highest BCUT2D eigenvalue weighted by Gasteiger charge is 2.43. The van der Waals surface area contributed by atoms with Gasteiger partial charge in [0, 0.05) is 13.1 Å². The van der Waals surface area contributed by atoms with Crippen molar-refractivity contribution in [1.82, 2.24) is 15.1 Å². The molecule has 0 saturated heterocycles. The van der Waals surface area contributed by atoms with Gasteiger partial charge in [-0.2, -0.15) is 0 Å². The SMILES string of the molecule is C=CCN1C(=O)N[C@H](c2cccc(Oc3ccccc3)c2)C2=C1CN(CCc1ccccc1)C2=O. The number of nitrogens with zero attached hydrogens (tertiary/aromatic N) is 2. The number of ether oxygens (including phenoxy) is 1. The van der Waals surface area contributed by atoms with E-state index >= 15 is 0 Å². The summed E-state index contributed by atoms with van der Waals surface area (Å²) in [6.45, 7) is 5.11. The van der Waals surface area contributed by atoms with E-state index in [0.29, 0.717) is 31.0 Å². The van der Waals surface area contributed by atoms with Crippen molar-refractivity contribution in [3.05, 3.63) is 120 Å². The van der Waals surface area contributed by atoms with Crippen molar-refractivity contribution in [3.63, 3.8) is 0 Å². The number of urea groups is 1. The molecule has 0 radical (unpaired) electrons. The molecule has 2 heterocycles. The molecule has 35 heavy (non-hydrogen) atoms. The average Bonchev–Trinajstić information content (AvgIpc) is 3.21. The number of hydrogen-bond acceptors (Lipinski definition) is 3. The molecule has 1 N–H and O–H groups in total. The maximum atomic E-state index is 13.6. The molecule has 1 atom stereocenters. The molecule has 3 amide bonds. The van der Waals surface area contributed by atoms with Crippen LogP contribution in [0.1, 0.15) is 17.2 Å². The Balaban J connectivity index is 1.43. The summed E-state index contributed by atoms with van der Waals surface area (Å²) in [5.41, 5.74) is 3.32. The second-order valence-corrected chi connectivity index (χ2v) is 8.59. The fourth-order valence-corrected chi connectivity index (χ4v) is 4.59. The minimum absolute atomic E-state index is 0.0515. The number of hydrogen-bond donors (Lipinski definition) is 1. The second-order valence-electron chi connectivity index (χ2n) is 8.59. The molecule has 3 aromatic rings. The van der Waals surface area contributed by atoms with E-state index in [9.17, 15) is 9.59 Å². The van der Waals surface area contributed by atoms with E-state index in [-0.39, 0.29) is 11.9 Å². The monoisotopic (exact) mass is 465 g/mol. The van der Waals surface area contributed by atoms with Crippen molar-refractivity contribution in [1.29, 1.82) is 0 Å². The minimum atomic E-state index is -0.549. The van der Waals surface area contributed by atoms with Gasteiger partial charge in [0.1, 0.15) is 11.5 Å². The first-order valence-corrected chi connectivity index (χ1v) is 11.7. The zero-order chi connectivity index (χ0) is 24.2. The van der Waals surface area contributed by atoms with Gasteiger partial charge in [0.25, 0.3) is 5.91 Å². The Hall–Kier alpha value is -4.32. The third kappa shape index (κ3) is 4.68. The molecule has 6 heteroatoms. The number of amides is 3. The average molecular weight is 466 g/mol. The smallest absolute Gasteiger partial charge is 0.322 e. The van der Waals surface area contributed by atoms with E-state index in [2.05, 4.69) is 24.0 Å². The number of benzene rings is 3. The second kappa shape index (κ2) is 9.89. The van der Waals surface area contributed by atoms with Crippen molar-refractivity contribution in [3.8, 4) is 11.5 Å². The van der Waals surface area contributed by atoms with Crippen LogP contribution < -0.4 is 10.1 Å². The van der Waals surface area contributed by atoms with Crippen molar-refractivity contribution < 1.29 is 14.3 Å². The lowest BCUT2D eigenvalue weighted by Gasteiger charge is -2.33. The van der Waals surface area contributed by atoms with Crippen LogP contribution in [0.2, 0.25) is 0 Å². The van der Waals surface area contributed by atoms with E-state index in [1.807, 2.05) is 77.7 Å². The number of para-hydroxylation sites is 1. The van der Waals surface area contributed by atoms with Gasteiger partial charge in [0.2, 0.25) is 0 Å². The highest BCUT2D eigenvalue weighted by Crippen LogP contribution is 2.37. The minimum Gasteiger partial charge on any atom is -0.457 e. The van der Waals surface area contributed by atoms with Crippen LogP contribution in [-0.2, 0) is 11.2 Å². The van der Waals surface area contributed by atoms with E-state index in [4.69, 9.17) is 4.74 Å². The molecular formula is C29H27N3O3. The molecule has 0 fully saturated rings. The van der Waals surface area contributed by atoms with Gasteiger partial charge < -0.3 is 15.0 Å². The highest BCUT2D eigenvalue weighted by atomic mass is 16.5. The first-order valence-electron chi connectivity index (χ1n) is 11.7. The third-order valence-electron chi connectivity index (χ3n) is 6.29. The van der Waals surface area contributed by atoms with Gasteiger partial charge >= 0.3 is 6.03 Å². The van der Waals surface area contributed by atoms with Gasteiger partial charge in [0.05, 0.1) is 23.9 Å². The Morgan fingerprint density at radius 3 is 2.40 bits per heavy atom. The first-order chi connectivity index (χ1) is 17.1. The maximum absolute atomic E-state index is 13.6. The predicted octanol–water partition coefficient (Wildman–Crippen LogP) is 5.07. The van der Waals surface area contributed by atoms with Crippen LogP contribution >= 0.6 is 0 Å². The van der Waals surface area contributed by atoms with Gasteiger partial charge in [0.15, 0.2) is 0 Å². The summed E-state index contributed by atoms with van der Waals surface area (Å²) in [5.74, 6) is 1.31. The van der Waals surface area contributed by atoms with Crippen LogP contribution in [0.25, 0.3) is 0 Å². The highest BCUT2D eigenvalue weighted by molar-refractivity contribution is 6.01. The number of carbonyl (C=O) groups excluding carboxylic acids is 2. The van der Waals surface area contributed by atoms with Gasteiger partial charge in [-0.05, 0) is 41.8 Å². The summed E-state index contributed by atoms with van der Waals surface area (Å²) in [5, 5.41) is 3.03. The summed E-state index contributed by atoms with van der Waals surface area (Å²) in [6, 6.07) is 26.4.